The summed E-state index contributed by atoms with van der Waals surface area (Å²) in [4.78, 5) is 0. The highest BCUT2D eigenvalue weighted by atomic mass is 35.5. The van der Waals surface area contributed by atoms with Gasteiger partial charge < -0.3 is 0 Å². The Labute approximate surface area is 77.1 Å². The van der Waals surface area contributed by atoms with E-state index in [1.807, 2.05) is 0 Å². The molecule has 1 rings (SSSR count). The SMILES string of the molecule is Fc1cc(C(F)(F)F)ccc1CCl. The summed E-state index contributed by atoms with van der Waals surface area (Å²) in [5.74, 6) is -1.06. The van der Waals surface area contributed by atoms with Gasteiger partial charge in [-0.2, -0.15) is 13.2 Å². The van der Waals surface area contributed by atoms with E-state index >= 15 is 0 Å². The van der Waals surface area contributed by atoms with Gasteiger partial charge in [-0.1, -0.05) is 6.07 Å². The van der Waals surface area contributed by atoms with Crippen LogP contribution in [0.3, 0.4) is 0 Å². The normalized spacial score (nSPS) is 11.8. The van der Waals surface area contributed by atoms with Crippen LogP contribution in [-0.4, -0.2) is 0 Å². The van der Waals surface area contributed by atoms with Gasteiger partial charge in [0, 0.05) is 5.56 Å². The van der Waals surface area contributed by atoms with Crippen molar-refractivity contribution in [2.24, 2.45) is 0 Å². The van der Waals surface area contributed by atoms with Crippen molar-refractivity contribution in [3.8, 4) is 0 Å². The molecule has 0 aliphatic heterocycles. The number of rotatable bonds is 1. The zero-order chi connectivity index (χ0) is 10.1. The van der Waals surface area contributed by atoms with Gasteiger partial charge in [0.1, 0.15) is 5.82 Å². The molecule has 0 aromatic heterocycles. The Kier molecular flexibility index (Phi) is 2.81. The average Bonchev–Trinajstić information content (AvgIpc) is 2.02. The van der Waals surface area contributed by atoms with Gasteiger partial charge in [-0.15, -0.1) is 11.6 Å². The summed E-state index contributed by atoms with van der Waals surface area (Å²) < 4.78 is 48.8. The molecule has 0 saturated carbocycles. The molecular weight excluding hydrogens is 208 g/mol. The van der Waals surface area contributed by atoms with Crippen LogP contribution < -0.4 is 0 Å². The van der Waals surface area contributed by atoms with Gasteiger partial charge in [-0.05, 0) is 12.1 Å². The lowest BCUT2D eigenvalue weighted by atomic mass is 10.1. The maximum Gasteiger partial charge on any atom is 0.416 e. The Morgan fingerprint density at radius 1 is 1.23 bits per heavy atom. The molecule has 72 valence electrons. The van der Waals surface area contributed by atoms with Crippen LogP contribution in [0.4, 0.5) is 17.6 Å². The van der Waals surface area contributed by atoms with Crippen molar-refractivity contribution in [2.75, 3.05) is 0 Å². The van der Waals surface area contributed by atoms with E-state index in [9.17, 15) is 17.6 Å². The van der Waals surface area contributed by atoms with Crippen molar-refractivity contribution in [3.63, 3.8) is 0 Å². The first-order valence-electron chi connectivity index (χ1n) is 3.36. The van der Waals surface area contributed by atoms with E-state index in [-0.39, 0.29) is 11.4 Å². The first-order valence-corrected chi connectivity index (χ1v) is 3.90. The largest absolute Gasteiger partial charge is 0.416 e. The smallest absolute Gasteiger partial charge is 0.207 e. The highest BCUT2D eigenvalue weighted by Gasteiger charge is 2.30. The maximum absolute atomic E-state index is 12.8. The minimum absolute atomic E-state index is 0.0645. The summed E-state index contributed by atoms with van der Waals surface area (Å²) in [5, 5.41) is 0. The van der Waals surface area contributed by atoms with E-state index in [0.29, 0.717) is 6.07 Å². The zero-order valence-corrected chi connectivity index (χ0v) is 7.08. The third-order valence-corrected chi connectivity index (χ3v) is 1.81. The summed E-state index contributed by atoms with van der Waals surface area (Å²) in [6, 6.07) is 2.28. The summed E-state index contributed by atoms with van der Waals surface area (Å²) in [6.07, 6.45) is -4.51. The molecule has 0 fully saturated rings. The Morgan fingerprint density at radius 3 is 2.23 bits per heavy atom. The third-order valence-electron chi connectivity index (χ3n) is 1.52. The second kappa shape index (κ2) is 3.54. The van der Waals surface area contributed by atoms with E-state index < -0.39 is 17.6 Å². The first kappa shape index (κ1) is 10.3. The molecular formula is C8H5ClF4. The number of alkyl halides is 4. The lowest BCUT2D eigenvalue weighted by Gasteiger charge is -2.07. The molecule has 1 aromatic carbocycles. The monoisotopic (exact) mass is 212 g/mol. The molecule has 13 heavy (non-hydrogen) atoms. The van der Waals surface area contributed by atoms with Crippen LogP contribution in [0.25, 0.3) is 0 Å². The number of benzene rings is 1. The molecule has 1 aromatic rings. The second-order valence-corrected chi connectivity index (χ2v) is 2.70. The number of halogens is 5. The Morgan fingerprint density at radius 2 is 1.85 bits per heavy atom. The molecule has 0 unspecified atom stereocenters. The molecule has 0 N–H and O–H groups in total. The van der Waals surface area contributed by atoms with Crippen molar-refractivity contribution in [1.82, 2.24) is 0 Å². The predicted octanol–water partition coefficient (Wildman–Crippen LogP) is 3.58. The van der Waals surface area contributed by atoms with Crippen molar-refractivity contribution in [2.45, 2.75) is 12.1 Å². The quantitative estimate of drug-likeness (QED) is 0.493. The second-order valence-electron chi connectivity index (χ2n) is 2.44. The van der Waals surface area contributed by atoms with Crippen LogP contribution in [0.15, 0.2) is 18.2 Å². The van der Waals surface area contributed by atoms with Crippen LogP contribution >= 0.6 is 11.6 Å². The van der Waals surface area contributed by atoms with Gasteiger partial charge in [-0.3, -0.25) is 0 Å². The van der Waals surface area contributed by atoms with Crippen LogP contribution in [0.5, 0.6) is 0 Å². The number of hydrogen-bond acceptors (Lipinski definition) is 0. The molecule has 0 amide bonds. The standard InChI is InChI=1S/C8H5ClF4/c9-4-5-1-2-6(3-7(5)10)8(11,12)13/h1-3H,4H2. The van der Waals surface area contributed by atoms with E-state index in [1.165, 1.54) is 0 Å². The minimum atomic E-state index is -4.51. The van der Waals surface area contributed by atoms with Crippen LogP contribution in [0, 0.1) is 5.82 Å². The van der Waals surface area contributed by atoms with E-state index in [4.69, 9.17) is 11.6 Å². The molecule has 0 nitrogen and oxygen atoms in total. The molecule has 5 heteroatoms. The van der Waals surface area contributed by atoms with Gasteiger partial charge in [0.05, 0.1) is 11.4 Å². The highest BCUT2D eigenvalue weighted by Crippen LogP contribution is 2.30. The molecule has 0 atom stereocenters. The summed E-state index contributed by atoms with van der Waals surface area (Å²) in [5.41, 5.74) is -0.937. The van der Waals surface area contributed by atoms with Crippen LogP contribution in [0.1, 0.15) is 11.1 Å². The molecule has 0 heterocycles. The van der Waals surface area contributed by atoms with E-state index in [2.05, 4.69) is 0 Å². The van der Waals surface area contributed by atoms with Gasteiger partial charge in [-0.25, -0.2) is 4.39 Å². The van der Waals surface area contributed by atoms with Crippen molar-refractivity contribution >= 4 is 11.6 Å². The molecule has 0 saturated heterocycles. The molecule has 0 spiro atoms. The van der Waals surface area contributed by atoms with Crippen LogP contribution in [-0.2, 0) is 12.1 Å². The zero-order valence-electron chi connectivity index (χ0n) is 6.33. The average molecular weight is 213 g/mol. The minimum Gasteiger partial charge on any atom is -0.207 e. The first-order chi connectivity index (χ1) is 5.95. The third kappa shape index (κ3) is 2.34. The lowest BCUT2D eigenvalue weighted by molar-refractivity contribution is -0.137. The Balaban J connectivity index is 3.10. The topological polar surface area (TPSA) is 0 Å². The van der Waals surface area contributed by atoms with Crippen molar-refractivity contribution in [1.29, 1.82) is 0 Å². The Bertz CT molecular complexity index is 306. The van der Waals surface area contributed by atoms with E-state index in [0.717, 1.165) is 12.1 Å². The molecule has 0 radical (unpaired) electrons. The summed E-state index contributed by atoms with van der Waals surface area (Å²) in [7, 11) is 0. The van der Waals surface area contributed by atoms with Crippen molar-refractivity contribution < 1.29 is 17.6 Å². The van der Waals surface area contributed by atoms with Gasteiger partial charge in [0.2, 0.25) is 0 Å². The molecule has 0 aliphatic rings. The molecule has 0 aliphatic carbocycles. The van der Waals surface area contributed by atoms with Gasteiger partial charge in [0.15, 0.2) is 0 Å². The highest BCUT2D eigenvalue weighted by molar-refractivity contribution is 6.17. The number of hydrogen-bond donors (Lipinski definition) is 0. The predicted molar refractivity (Wildman–Crippen MR) is 41.0 cm³/mol. The fraction of sp³-hybridized carbons (Fsp3) is 0.250. The lowest BCUT2D eigenvalue weighted by Crippen LogP contribution is -2.05. The fourth-order valence-corrected chi connectivity index (χ4v) is 1.05. The van der Waals surface area contributed by atoms with Gasteiger partial charge in [0.25, 0.3) is 0 Å². The van der Waals surface area contributed by atoms with Crippen LogP contribution in [0.2, 0.25) is 0 Å². The van der Waals surface area contributed by atoms with E-state index in [1.54, 1.807) is 0 Å². The summed E-state index contributed by atoms with van der Waals surface area (Å²) >= 11 is 5.28. The maximum atomic E-state index is 12.8. The van der Waals surface area contributed by atoms with Gasteiger partial charge >= 0.3 is 6.18 Å². The Hall–Kier alpha value is -0.770. The fourth-order valence-electron chi connectivity index (χ4n) is 0.832. The summed E-state index contributed by atoms with van der Waals surface area (Å²) in [6.45, 7) is 0. The molecule has 0 bridgehead atoms. The van der Waals surface area contributed by atoms with Crippen molar-refractivity contribution in [3.05, 3.63) is 35.1 Å².